The Morgan fingerprint density at radius 2 is 1.18 bits per heavy atom. The van der Waals surface area contributed by atoms with Gasteiger partial charge in [-0.1, -0.05) is 54.6 Å². The second-order valence-corrected chi connectivity index (χ2v) is 8.26. The van der Waals surface area contributed by atoms with Crippen molar-refractivity contribution < 1.29 is 19.3 Å². The highest BCUT2D eigenvalue weighted by Gasteiger charge is 2.11. The van der Waals surface area contributed by atoms with E-state index in [0.717, 1.165) is 5.56 Å². The highest BCUT2D eigenvalue weighted by molar-refractivity contribution is 6.06. The van der Waals surface area contributed by atoms with Gasteiger partial charge >= 0.3 is 0 Å². The third-order valence-corrected chi connectivity index (χ3v) is 6.08. The van der Waals surface area contributed by atoms with Crippen LogP contribution in [0.1, 0.15) is 16.7 Å². The number of benzene rings is 4. The molecule has 172 valence electrons. The Morgan fingerprint density at radius 1 is 0.576 bits per heavy atom. The summed E-state index contributed by atoms with van der Waals surface area (Å²) in [6.07, 6.45) is 0. The molecule has 4 aromatic rings. The summed E-state index contributed by atoms with van der Waals surface area (Å²) in [6.45, 7) is 7.45. The fourth-order valence-corrected chi connectivity index (χ4v) is 4.29. The standard InChI is InChI=1S/C29H32O4/c1-21-27-11-9-25(24-6-4-3-5-7-24)19-29(27)22(2)26-10-8-23(18-28(21)26)20-33-17-16-32-15-14-31-13-12-30/h3-11,18-19,30H,12-17,20H2,1-2H3. The molecule has 0 saturated heterocycles. The summed E-state index contributed by atoms with van der Waals surface area (Å²) in [5.41, 5.74) is 6.27. The second kappa shape index (κ2) is 11.4. The van der Waals surface area contributed by atoms with Crippen LogP contribution in [0.2, 0.25) is 0 Å². The van der Waals surface area contributed by atoms with Crippen LogP contribution in [0, 0.1) is 13.8 Å². The molecule has 4 aromatic carbocycles. The highest BCUT2D eigenvalue weighted by Crippen LogP contribution is 2.35. The molecule has 0 aliphatic heterocycles. The summed E-state index contributed by atoms with van der Waals surface area (Å²) >= 11 is 0. The zero-order chi connectivity index (χ0) is 23.0. The molecule has 0 fully saturated rings. The second-order valence-electron chi connectivity index (χ2n) is 8.26. The van der Waals surface area contributed by atoms with Crippen LogP contribution >= 0.6 is 0 Å². The Morgan fingerprint density at radius 3 is 1.88 bits per heavy atom. The lowest BCUT2D eigenvalue weighted by molar-refractivity contribution is 0.00452. The van der Waals surface area contributed by atoms with E-state index in [9.17, 15) is 0 Å². The Kier molecular flexibility index (Phi) is 8.08. The number of ether oxygens (including phenoxy) is 3. The topological polar surface area (TPSA) is 47.9 Å². The number of aliphatic hydroxyl groups is 1. The van der Waals surface area contributed by atoms with Crippen LogP contribution in [-0.2, 0) is 20.8 Å². The molecular weight excluding hydrogens is 412 g/mol. The maximum Gasteiger partial charge on any atom is 0.0718 e. The summed E-state index contributed by atoms with van der Waals surface area (Å²) in [7, 11) is 0. The molecule has 33 heavy (non-hydrogen) atoms. The largest absolute Gasteiger partial charge is 0.394 e. The van der Waals surface area contributed by atoms with Gasteiger partial charge in [0.15, 0.2) is 0 Å². The minimum Gasteiger partial charge on any atom is -0.394 e. The lowest BCUT2D eigenvalue weighted by Gasteiger charge is -2.15. The van der Waals surface area contributed by atoms with Crippen molar-refractivity contribution in [1.82, 2.24) is 0 Å². The van der Waals surface area contributed by atoms with Crippen LogP contribution in [0.5, 0.6) is 0 Å². The normalized spacial score (nSPS) is 11.5. The van der Waals surface area contributed by atoms with E-state index in [1.807, 2.05) is 0 Å². The highest BCUT2D eigenvalue weighted by atomic mass is 16.5. The molecule has 4 heteroatoms. The van der Waals surface area contributed by atoms with Crippen LogP contribution in [-0.4, -0.2) is 44.7 Å². The van der Waals surface area contributed by atoms with Crippen molar-refractivity contribution in [3.8, 4) is 11.1 Å². The van der Waals surface area contributed by atoms with Gasteiger partial charge < -0.3 is 19.3 Å². The average molecular weight is 445 g/mol. The summed E-state index contributed by atoms with van der Waals surface area (Å²) in [5.74, 6) is 0. The van der Waals surface area contributed by atoms with E-state index < -0.39 is 0 Å². The smallest absolute Gasteiger partial charge is 0.0718 e. The van der Waals surface area contributed by atoms with Gasteiger partial charge in [0.25, 0.3) is 0 Å². The summed E-state index contributed by atoms with van der Waals surface area (Å²) in [6, 6.07) is 24.0. The fraction of sp³-hybridized carbons (Fsp3) is 0.310. The van der Waals surface area contributed by atoms with Crippen molar-refractivity contribution in [2.75, 3.05) is 39.6 Å². The van der Waals surface area contributed by atoms with E-state index in [1.54, 1.807) is 0 Å². The number of fused-ring (bicyclic) bond motifs is 2. The minimum atomic E-state index is 0.0401. The summed E-state index contributed by atoms with van der Waals surface area (Å²) < 4.78 is 16.5. The van der Waals surface area contributed by atoms with Gasteiger partial charge in [0.05, 0.1) is 46.2 Å². The van der Waals surface area contributed by atoms with Crippen molar-refractivity contribution in [2.24, 2.45) is 0 Å². The summed E-state index contributed by atoms with van der Waals surface area (Å²) in [5, 5.41) is 13.9. The van der Waals surface area contributed by atoms with Gasteiger partial charge in [-0.15, -0.1) is 0 Å². The van der Waals surface area contributed by atoms with Crippen molar-refractivity contribution in [2.45, 2.75) is 20.5 Å². The predicted octanol–water partition coefficient (Wildman–Crippen LogP) is 5.82. The van der Waals surface area contributed by atoms with Gasteiger partial charge in [0.2, 0.25) is 0 Å². The third kappa shape index (κ3) is 5.60. The van der Waals surface area contributed by atoms with Gasteiger partial charge in [-0.05, 0) is 75.3 Å². The van der Waals surface area contributed by atoms with Crippen molar-refractivity contribution in [1.29, 1.82) is 0 Å². The molecule has 0 aromatic heterocycles. The van der Waals surface area contributed by atoms with Crippen molar-refractivity contribution >= 4 is 21.5 Å². The fourth-order valence-electron chi connectivity index (χ4n) is 4.29. The third-order valence-electron chi connectivity index (χ3n) is 6.08. The lowest BCUT2D eigenvalue weighted by Crippen LogP contribution is -2.10. The first kappa shape index (κ1) is 23.4. The van der Waals surface area contributed by atoms with E-state index in [2.05, 4.69) is 80.6 Å². The van der Waals surface area contributed by atoms with Gasteiger partial charge in [-0.25, -0.2) is 0 Å². The zero-order valence-corrected chi connectivity index (χ0v) is 19.5. The molecule has 0 heterocycles. The maximum atomic E-state index is 8.67. The van der Waals surface area contributed by atoms with Crippen LogP contribution in [0.25, 0.3) is 32.7 Å². The van der Waals surface area contributed by atoms with E-state index in [0.29, 0.717) is 39.6 Å². The molecule has 0 spiro atoms. The SMILES string of the molecule is Cc1c2ccc(-c3ccccc3)cc2c(C)c2ccc(COCCOCCOCCO)cc12. The zero-order valence-electron chi connectivity index (χ0n) is 19.5. The monoisotopic (exact) mass is 444 g/mol. The number of aliphatic hydroxyl groups excluding tert-OH is 1. The molecule has 0 bridgehead atoms. The van der Waals surface area contributed by atoms with Gasteiger partial charge in [0.1, 0.15) is 0 Å². The van der Waals surface area contributed by atoms with Crippen molar-refractivity contribution in [3.63, 3.8) is 0 Å². The molecule has 1 N–H and O–H groups in total. The average Bonchev–Trinajstić information content (AvgIpc) is 2.86. The molecule has 0 aliphatic rings. The molecule has 0 aliphatic carbocycles. The number of aryl methyl sites for hydroxylation is 2. The molecule has 4 rings (SSSR count). The molecule has 0 unspecified atom stereocenters. The van der Waals surface area contributed by atoms with Crippen molar-refractivity contribution in [3.05, 3.63) is 83.4 Å². The Bertz CT molecular complexity index is 1200. The maximum absolute atomic E-state index is 8.67. The molecule has 0 saturated carbocycles. The molecule has 0 amide bonds. The van der Waals surface area contributed by atoms with Crippen LogP contribution in [0.3, 0.4) is 0 Å². The first-order valence-electron chi connectivity index (χ1n) is 11.5. The van der Waals surface area contributed by atoms with Gasteiger partial charge in [-0.3, -0.25) is 0 Å². The first-order chi connectivity index (χ1) is 16.2. The van der Waals surface area contributed by atoms with E-state index in [1.165, 1.54) is 43.8 Å². The Hall–Kier alpha value is -2.76. The van der Waals surface area contributed by atoms with Crippen LogP contribution in [0.4, 0.5) is 0 Å². The molecule has 4 nitrogen and oxygen atoms in total. The van der Waals surface area contributed by atoms with E-state index in [-0.39, 0.29) is 6.61 Å². The number of hydrogen-bond donors (Lipinski definition) is 1. The van der Waals surface area contributed by atoms with Gasteiger partial charge in [0, 0.05) is 0 Å². The Balaban J connectivity index is 1.46. The predicted molar refractivity (Wildman–Crippen MR) is 135 cm³/mol. The molecular formula is C29H32O4. The Labute approximate surface area is 195 Å². The quantitative estimate of drug-likeness (QED) is 0.234. The summed E-state index contributed by atoms with van der Waals surface area (Å²) in [4.78, 5) is 0. The molecule has 0 atom stereocenters. The lowest BCUT2D eigenvalue weighted by atomic mass is 9.90. The van der Waals surface area contributed by atoms with E-state index >= 15 is 0 Å². The van der Waals surface area contributed by atoms with E-state index in [4.69, 9.17) is 19.3 Å². The number of hydrogen-bond acceptors (Lipinski definition) is 4. The van der Waals surface area contributed by atoms with Crippen LogP contribution in [0.15, 0.2) is 66.7 Å². The van der Waals surface area contributed by atoms with Gasteiger partial charge in [-0.2, -0.15) is 0 Å². The number of rotatable bonds is 11. The minimum absolute atomic E-state index is 0.0401. The molecule has 0 radical (unpaired) electrons. The first-order valence-corrected chi connectivity index (χ1v) is 11.5. The van der Waals surface area contributed by atoms with Crippen LogP contribution < -0.4 is 0 Å².